The molecule has 2 aliphatic heterocycles. The molecule has 1 spiro atoms. The number of benzene rings is 1. The standard InChI is InChI=1S/C19H25F5N2/c20-16-5-1-4-15(17(16)21)12-26-10-2-6-18(14-26)8-11-25(13-18)9-3-7-19(22,23)24/h1,4-5H,2-3,6-14H2/t18-/m1/s1. The molecular formula is C19H25F5N2. The number of rotatable bonds is 5. The molecule has 26 heavy (non-hydrogen) atoms. The third kappa shape index (κ3) is 4.94. The molecule has 1 atom stereocenters. The maximum atomic E-state index is 13.9. The molecular weight excluding hydrogens is 351 g/mol. The van der Waals surface area contributed by atoms with Crippen LogP contribution in [-0.2, 0) is 6.54 Å². The average molecular weight is 376 g/mol. The van der Waals surface area contributed by atoms with Gasteiger partial charge in [0.2, 0.25) is 0 Å². The van der Waals surface area contributed by atoms with E-state index >= 15 is 0 Å². The predicted octanol–water partition coefficient (Wildman–Crippen LogP) is 4.60. The summed E-state index contributed by atoms with van der Waals surface area (Å²) in [5.41, 5.74) is 0.433. The second-order valence-electron chi connectivity index (χ2n) is 7.77. The van der Waals surface area contributed by atoms with Gasteiger partial charge in [-0.3, -0.25) is 4.90 Å². The molecule has 0 N–H and O–H groups in total. The van der Waals surface area contributed by atoms with E-state index in [0.717, 1.165) is 51.5 Å². The second-order valence-corrected chi connectivity index (χ2v) is 7.77. The third-order valence-corrected chi connectivity index (χ3v) is 5.62. The van der Waals surface area contributed by atoms with Crippen molar-refractivity contribution in [3.05, 3.63) is 35.4 Å². The van der Waals surface area contributed by atoms with Gasteiger partial charge in [0.15, 0.2) is 11.6 Å². The fourth-order valence-corrected chi connectivity index (χ4v) is 4.41. The van der Waals surface area contributed by atoms with Crippen LogP contribution in [0.15, 0.2) is 18.2 Å². The van der Waals surface area contributed by atoms with E-state index in [9.17, 15) is 22.0 Å². The molecule has 1 aromatic rings. The van der Waals surface area contributed by atoms with Crippen LogP contribution in [0.5, 0.6) is 0 Å². The van der Waals surface area contributed by atoms with E-state index in [1.54, 1.807) is 6.07 Å². The van der Waals surface area contributed by atoms with Crippen LogP contribution in [0.3, 0.4) is 0 Å². The van der Waals surface area contributed by atoms with E-state index in [2.05, 4.69) is 9.80 Å². The van der Waals surface area contributed by atoms with Gasteiger partial charge >= 0.3 is 6.18 Å². The predicted molar refractivity (Wildman–Crippen MR) is 89.6 cm³/mol. The average Bonchev–Trinajstić information content (AvgIpc) is 2.93. The Morgan fingerprint density at radius 1 is 1.00 bits per heavy atom. The van der Waals surface area contributed by atoms with Crippen molar-refractivity contribution in [2.24, 2.45) is 5.41 Å². The van der Waals surface area contributed by atoms with Crippen molar-refractivity contribution in [3.8, 4) is 0 Å². The Balaban J connectivity index is 1.54. The first kappa shape index (κ1) is 19.5. The third-order valence-electron chi connectivity index (χ3n) is 5.62. The summed E-state index contributed by atoms with van der Waals surface area (Å²) >= 11 is 0. The van der Waals surface area contributed by atoms with Gasteiger partial charge in [-0.2, -0.15) is 13.2 Å². The summed E-state index contributed by atoms with van der Waals surface area (Å²) in [4.78, 5) is 4.28. The van der Waals surface area contributed by atoms with Gasteiger partial charge in [-0.25, -0.2) is 8.78 Å². The van der Waals surface area contributed by atoms with Gasteiger partial charge in [0.05, 0.1) is 0 Å². The summed E-state index contributed by atoms with van der Waals surface area (Å²) in [6.45, 7) is 4.09. The van der Waals surface area contributed by atoms with Crippen molar-refractivity contribution in [2.75, 3.05) is 32.7 Å². The molecule has 0 aromatic heterocycles. The first-order valence-corrected chi connectivity index (χ1v) is 9.21. The van der Waals surface area contributed by atoms with Crippen LogP contribution in [0.2, 0.25) is 0 Å². The zero-order valence-electron chi connectivity index (χ0n) is 14.8. The summed E-state index contributed by atoms with van der Waals surface area (Å²) in [7, 11) is 0. The Morgan fingerprint density at radius 3 is 2.54 bits per heavy atom. The molecule has 7 heteroatoms. The zero-order chi connectivity index (χ0) is 18.8. The highest BCUT2D eigenvalue weighted by molar-refractivity contribution is 5.19. The van der Waals surface area contributed by atoms with E-state index in [0.29, 0.717) is 18.7 Å². The smallest absolute Gasteiger partial charge is 0.303 e. The van der Waals surface area contributed by atoms with E-state index in [-0.39, 0.29) is 11.8 Å². The number of alkyl halides is 3. The van der Waals surface area contributed by atoms with Gasteiger partial charge in [0, 0.05) is 31.6 Å². The molecule has 0 aliphatic carbocycles. The molecule has 0 radical (unpaired) electrons. The van der Waals surface area contributed by atoms with Crippen LogP contribution in [-0.4, -0.2) is 48.7 Å². The molecule has 2 saturated heterocycles. The van der Waals surface area contributed by atoms with Gasteiger partial charge in [-0.15, -0.1) is 0 Å². The maximum Gasteiger partial charge on any atom is 0.389 e. The van der Waals surface area contributed by atoms with Crippen molar-refractivity contribution < 1.29 is 22.0 Å². The minimum Gasteiger partial charge on any atom is -0.303 e. The SMILES string of the molecule is Fc1cccc(CN2CCC[C@]3(CCN(CCCC(F)(F)F)C3)C2)c1F. The summed E-state index contributed by atoms with van der Waals surface area (Å²) in [5, 5.41) is 0. The highest BCUT2D eigenvalue weighted by Gasteiger charge is 2.41. The molecule has 3 rings (SSSR count). The van der Waals surface area contributed by atoms with E-state index in [4.69, 9.17) is 0 Å². The van der Waals surface area contributed by atoms with Crippen LogP contribution in [0, 0.1) is 17.0 Å². The lowest BCUT2D eigenvalue weighted by Crippen LogP contribution is -2.44. The zero-order valence-corrected chi connectivity index (χ0v) is 14.8. The van der Waals surface area contributed by atoms with Gasteiger partial charge in [0.25, 0.3) is 0 Å². The molecule has 0 saturated carbocycles. The van der Waals surface area contributed by atoms with E-state index < -0.39 is 24.2 Å². The largest absolute Gasteiger partial charge is 0.389 e. The second kappa shape index (κ2) is 7.80. The Bertz CT molecular complexity index is 618. The molecule has 0 amide bonds. The fraction of sp³-hybridized carbons (Fsp3) is 0.684. The highest BCUT2D eigenvalue weighted by Crippen LogP contribution is 2.39. The number of piperidine rings is 1. The van der Waals surface area contributed by atoms with Gasteiger partial charge in [-0.05, 0) is 56.8 Å². The van der Waals surface area contributed by atoms with Crippen LogP contribution in [0.1, 0.15) is 37.7 Å². The minimum absolute atomic E-state index is 0.0697. The Morgan fingerprint density at radius 2 is 1.77 bits per heavy atom. The van der Waals surface area contributed by atoms with Gasteiger partial charge < -0.3 is 4.90 Å². The summed E-state index contributed by atoms with van der Waals surface area (Å²) in [5.74, 6) is -1.61. The first-order valence-electron chi connectivity index (χ1n) is 9.21. The summed E-state index contributed by atoms with van der Waals surface area (Å²) < 4.78 is 64.3. The topological polar surface area (TPSA) is 6.48 Å². The molecule has 0 bridgehead atoms. The molecule has 2 fully saturated rings. The number of hydrogen-bond acceptors (Lipinski definition) is 2. The normalized spacial score (nSPS) is 25.3. The molecule has 2 nitrogen and oxygen atoms in total. The summed E-state index contributed by atoms with van der Waals surface area (Å²) in [6, 6.07) is 4.25. The molecule has 2 aliphatic rings. The van der Waals surface area contributed by atoms with Crippen molar-refractivity contribution in [3.63, 3.8) is 0 Å². The van der Waals surface area contributed by atoms with Crippen molar-refractivity contribution in [2.45, 2.75) is 44.8 Å². The first-order chi connectivity index (χ1) is 12.3. The highest BCUT2D eigenvalue weighted by atomic mass is 19.4. The Labute approximate surface area is 151 Å². The van der Waals surface area contributed by atoms with Crippen LogP contribution in [0.4, 0.5) is 22.0 Å². The summed E-state index contributed by atoms with van der Waals surface area (Å²) in [6.07, 6.45) is -1.70. The van der Waals surface area contributed by atoms with Crippen molar-refractivity contribution >= 4 is 0 Å². The molecule has 2 heterocycles. The van der Waals surface area contributed by atoms with Crippen LogP contribution in [0.25, 0.3) is 0 Å². The molecule has 146 valence electrons. The number of nitrogens with zero attached hydrogens (tertiary/aromatic N) is 2. The lowest BCUT2D eigenvalue weighted by Gasteiger charge is -2.40. The lowest BCUT2D eigenvalue weighted by molar-refractivity contribution is -0.136. The van der Waals surface area contributed by atoms with E-state index in [1.807, 2.05) is 0 Å². The minimum atomic E-state index is -4.09. The monoisotopic (exact) mass is 376 g/mol. The number of halogens is 5. The number of likely N-dealkylation sites (tertiary alicyclic amines) is 2. The van der Waals surface area contributed by atoms with Gasteiger partial charge in [-0.1, -0.05) is 12.1 Å². The molecule has 1 aromatic carbocycles. The van der Waals surface area contributed by atoms with Crippen molar-refractivity contribution in [1.29, 1.82) is 0 Å². The van der Waals surface area contributed by atoms with Crippen LogP contribution < -0.4 is 0 Å². The van der Waals surface area contributed by atoms with Crippen molar-refractivity contribution in [1.82, 2.24) is 9.80 Å². The lowest BCUT2D eigenvalue weighted by atomic mass is 9.79. The van der Waals surface area contributed by atoms with E-state index in [1.165, 1.54) is 6.07 Å². The number of hydrogen-bond donors (Lipinski definition) is 0. The Hall–Kier alpha value is -1.21. The maximum absolute atomic E-state index is 13.9. The van der Waals surface area contributed by atoms with Gasteiger partial charge in [0.1, 0.15) is 0 Å². The van der Waals surface area contributed by atoms with Crippen LogP contribution >= 0.6 is 0 Å². The fourth-order valence-electron chi connectivity index (χ4n) is 4.41. The quantitative estimate of drug-likeness (QED) is 0.694. The Kier molecular flexibility index (Phi) is 5.87. The molecule has 0 unspecified atom stereocenters.